The third-order valence-electron chi connectivity index (χ3n) is 12.8. The van der Waals surface area contributed by atoms with Gasteiger partial charge in [-0.15, -0.1) is 5.10 Å². The minimum absolute atomic E-state index is 0.142. The summed E-state index contributed by atoms with van der Waals surface area (Å²) in [5, 5.41) is 27.9. The molecule has 14 heteroatoms. The number of fused-ring (bicyclic) bond motifs is 1. The van der Waals surface area contributed by atoms with Gasteiger partial charge in [-0.05, 0) is 89.6 Å². The molecule has 3 saturated heterocycles. The standard InChI is InChI=1S/C41H57BN6O7/c1-38(2,52)34-25-43-46-48(34)31-24-33(36(50)45-41(18-20-53-21-19-41)42-54-39(3,4)40(5,6)55-42)47(26-31)37(51)32(22-27-12-8-7-9-13-27)44-35(49)30-17-16-28-14-10-11-15-29(28)23-30/h10-11,14-17,23,25,27,31-33,52H,7-9,12-13,18-22,24,26H2,1-6H3,(H,44,49)(H,45,50)/t31-,32+,33-/m0/s1. The quantitative estimate of drug-likeness (QED) is 0.246. The second kappa shape index (κ2) is 15.2. The second-order valence-electron chi connectivity index (χ2n) is 17.7. The van der Waals surface area contributed by atoms with E-state index < -0.39 is 47.5 Å². The van der Waals surface area contributed by atoms with Crippen molar-refractivity contribution in [2.75, 3.05) is 19.8 Å². The number of ether oxygens (including phenoxy) is 1. The number of nitrogens with zero attached hydrogens (tertiary/aromatic N) is 4. The minimum Gasteiger partial charge on any atom is -0.402 e. The number of aliphatic hydroxyl groups is 1. The molecule has 3 amide bonds. The summed E-state index contributed by atoms with van der Waals surface area (Å²) in [5.41, 5.74) is -2.46. The van der Waals surface area contributed by atoms with Crippen LogP contribution in [-0.4, -0.2) is 98.3 Å². The van der Waals surface area contributed by atoms with E-state index >= 15 is 4.79 Å². The number of nitrogens with one attached hydrogen (secondary N) is 2. The first-order valence-corrected chi connectivity index (χ1v) is 20.1. The van der Waals surface area contributed by atoms with Crippen LogP contribution in [0, 0.1) is 5.92 Å². The zero-order valence-corrected chi connectivity index (χ0v) is 33.2. The summed E-state index contributed by atoms with van der Waals surface area (Å²) < 4.78 is 20.5. The number of hydrogen-bond acceptors (Lipinski definition) is 9. The lowest BCUT2D eigenvalue weighted by Gasteiger charge is -2.40. The normalized spacial score (nSPS) is 24.5. The molecule has 3 atom stereocenters. The summed E-state index contributed by atoms with van der Waals surface area (Å²) in [4.78, 5) is 45.5. The summed E-state index contributed by atoms with van der Waals surface area (Å²) in [6.45, 7) is 12.2. The fraction of sp³-hybridized carbons (Fsp3) is 0.634. The highest BCUT2D eigenvalue weighted by Gasteiger charge is 2.61. The third-order valence-corrected chi connectivity index (χ3v) is 12.8. The number of hydrogen-bond donors (Lipinski definition) is 3. The highest BCUT2D eigenvalue weighted by Crippen LogP contribution is 2.42. The Morgan fingerprint density at radius 3 is 2.33 bits per heavy atom. The molecule has 1 aliphatic carbocycles. The first-order valence-electron chi connectivity index (χ1n) is 20.1. The van der Waals surface area contributed by atoms with Gasteiger partial charge < -0.3 is 34.7 Å². The van der Waals surface area contributed by atoms with Crippen molar-refractivity contribution in [3.63, 3.8) is 0 Å². The van der Waals surface area contributed by atoms with E-state index in [0.29, 0.717) is 43.7 Å². The molecule has 0 spiro atoms. The number of carbonyl (C=O) groups excluding carboxylic acids is 3. The number of aromatic nitrogens is 3. The first kappa shape index (κ1) is 39.4. The molecule has 7 rings (SSSR count). The molecule has 4 aliphatic rings. The van der Waals surface area contributed by atoms with Crippen LogP contribution in [0.5, 0.6) is 0 Å². The molecular weight excluding hydrogens is 699 g/mol. The van der Waals surface area contributed by atoms with Gasteiger partial charge in [0, 0.05) is 31.7 Å². The van der Waals surface area contributed by atoms with E-state index in [-0.39, 0.29) is 36.6 Å². The van der Waals surface area contributed by atoms with Gasteiger partial charge in [0.2, 0.25) is 11.8 Å². The average molecular weight is 757 g/mol. The molecule has 2 aromatic carbocycles. The molecule has 13 nitrogen and oxygen atoms in total. The molecular formula is C41H57BN6O7. The van der Waals surface area contributed by atoms with E-state index in [4.69, 9.17) is 14.0 Å². The molecule has 3 N–H and O–H groups in total. The van der Waals surface area contributed by atoms with Gasteiger partial charge in [-0.1, -0.05) is 67.6 Å². The van der Waals surface area contributed by atoms with Gasteiger partial charge in [-0.3, -0.25) is 14.4 Å². The lowest BCUT2D eigenvalue weighted by molar-refractivity contribution is -0.141. The molecule has 1 aromatic heterocycles. The number of rotatable bonds is 10. The molecule has 55 heavy (non-hydrogen) atoms. The summed E-state index contributed by atoms with van der Waals surface area (Å²) in [5.74, 6) is -0.728. The zero-order valence-electron chi connectivity index (χ0n) is 33.2. The smallest absolute Gasteiger partial charge is 0.402 e. The predicted molar refractivity (Wildman–Crippen MR) is 208 cm³/mol. The minimum atomic E-state index is -1.26. The van der Waals surface area contributed by atoms with Crippen LogP contribution >= 0.6 is 0 Å². The highest BCUT2D eigenvalue weighted by molar-refractivity contribution is 6.50. The first-order chi connectivity index (χ1) is 26.1. The molecule has 0 radical (unpaired) electrons. The maximum Gasteiger partial charge on any atom is 0.485 e. The number of benzene rings is 2. The van der Waals surface area contributed by atoms with E-state index in [2.05, 4.69) is 20.9 Å². The van der Waals surface area contributed by atoms with Crippen LogP contribution < -0.4 is 10.6 Å². The van der Waals surface area contributed by atoms with Crippen molar-refractivity contribution < 1.29 is 33.5 Å². The predicted octanol–water partition coefficient (Wildman–Crippen LogP) is 4.87. The summed E-state index contributed by atoms with van der Waals surface area (Å²) in [7, 11) is -0.732. The van der Waals surface area contributed by atoms with Crippen molar-refractivity contribution in [3.05, 3.63) is 59.9 Å². The van der Waals surface area contributed by atoms with E-state index in [9.17, 15) is 14.7 Å². The van der Waals surface area contributed by atoms with Crippen molar-refractivity contribution >= 4 is 35.6 Å². The van der Waals surface area contributed by atoms with E-state index in [0.717, 1.165) is 42.9 Å². The molecule has 4 fully saturated rings. The van der Waals surface area contributed by atoms with E-state index in [1.165, 1.54) is 6.20 Å². The molecule has 0 unspecified atom stereocenters. The fourth-order valence-electron chi connectivity index (χ4n) is 8.74. The third kappa shape index (κ3) is 8.06. The number of amides is 3. The van der Waals surface area contributed by atoms with Gasteiger partial charge in [0.1, 0.15) is 17.7 Å². The van der Waals surface area contributed by atoms with Crippen LogP contribution in [0.4, 0.5) is 0 Å². The Labute approximate surface area is 324 Å². The van der Waals surface area contributed by atoms with Gasteiger partial charge in [0.05, 0.1) is 34.6 Å². The fourth-order valence-corrected chi connectivity index (χ4v) is 8.74. The molecule has 0 bridgehead atoms. The van der Waals surface area contributed by atoms with Crippen LogP contribution in [-0.2, 0) is 29.2 Å². The maximum atomic E-state index is 15.1. The lowest BCUT2D eigenvalue weighted by atomic mass is 9.59. The van der Waals surface area contributed by atoms with Crippen molar-refractivity contribution in [3.8, 4) is 0 Å². The van der Waals surface area contributed by atoms with Crippen molar-refractivity contribution in [1.82, 2.24) is 30.5 Å². The number of likely N-dealkylation sites (tertiary alicyclic amines) is 1. The molecule has 3 aromatic rings. The lowest BCUT2D eigenvalue weighted by Crippen LogP contribution is -2.65. The van der Waals surface area contributed by atoms with Crippen molar-refractivity contribution in [2.24, 2.45) is 5.92 Å². The van der Waals surface area contributed by atoms with Crippen LogP contribution in [0.2, 0.25) is 0 Å². The highest BCUT2D eigenvalue weighted by atomic mass is 16.7. The van der Waals surface area contributed by atoms with Crippen LogP contribution in [0.1, 0.15) is 121 Å². The summed E-state index contributed by atoms with van der Waals surface area (Å²) >= 11 is 0. The molecule has 4 heterocycles. The summed E-state index contributed by atoms with van der Waals surface area (Å²) in [6.07, 6.45) is 8.44. The Morgan fingerprint density at radius 1 is 0.982 bits per heavy atom. The van der Waals surface area contributed by atoms with Crippen LogP contribution in [0.15, 0.2) is 48.7 Å². The maximum absolute atomic E-state index is 15.1. The van der Waals surface area contributed by atoms with E-state index in [1.807, 2.05) is 64.1 Å². The monoisotopic (exact) mass is 756 g/mol. The Kier molecular flexibility index (Phi) is 10.9. The summed E-state index contributed by atoms with van der Waals surface area (Å²) in [6, 6.07) is 11.2. The van der Waals surface area contributed by atoms with E-state index in [1.54, 1.807) is 29.5 Å². The van der Waals surface area contributed by atoms with Crippen molar-refractivity contribution in [1.29, 1.82) is 0 Å². The zero-order chi connectivity index (χ0) is 39.2. The Bertz CT molecular complexity index is 1860. The second-order valence-corrected chi connectivity index (χ2v) is 17.7. The van der Waals surface area contributed by atoms with Gasteiger partial charge >= 0.3 is 7.12 Å². The SMILES string of the molecule is CC(C)(O)c1cnnn1[C@H]1C[C@@H](C(=O)NC2(B3OC(C)(C)C(C)(C)O3)CCOCC2)N(C(=O)[C@@H](CC2CCCCC2)NC(=O)c2ccc3ccccc3c2)C1. The van der Waals surface area contributed by atoms with Gasteiger partial charge in [0.25, 0.3) is 5.91 Å². The Hall–Kier alpha value is -3.85. The van der Waals surface area contributed by atoms with Crippen LogP contribution in [0.25, 0.3) is 10.8 Å². The molecule has 1 saturated carbocycles. The van der Waals surface area contributed by atoms with Crippen molar-refractivity contribution in [2.45, 2.75) is 140 Å². The van der Waals surface area contributed by atoms with Crippen LogP contribution in [0.3, 0.4) is 0 Å². The van der Waals surface area contributed by atoms with Gasteiger partial charge in [-0.25, -0.2) is 4.68 Å². The average Bonchev–Trinajstić information content (AvgIpc) is 3.88. The molecule has 296 valence electrons. The van der Waals surface area contributed by atoms with Gasteiger partial charge in [-0.2, -0.15) is 0 Å². The number of carbonyl (C=O) groups is 3. The largest absolute Gasteiger partial charge is 0.485 e. The topological polar surface area (TPSA) is 157 Å². The van der Waals surface area contributed by atoms with Gasteiger partial charge in [0.15, 0.2) is 0 Å². The Morgan fingerprint density at radius 2 is 1.65 bits per heavy atom. The molecule has 3 aliphatic heterocycles. The Balaban J connectivity index is 1.21.